The van der Waals surface area contributed by atoms with Gasteiger partial charge in [0.2, 0.25) is 5.43 Å². The second kappa shape index (κ2) is 9.43. The molecule has 0 unspecified atom stereocenters. The van der Waals surface area contributed by atoms with Crippen LogP contribution in [0.25, 0.3) is 11.0 Å². The van der Waals surface area contributed by atoms with Gasteiger partial charge >= 0.3 is 5.97 Å². The van der Waals surface area contributed by atoms with E-state index in [4.69, 9.17) is 20.8 Å². The minimum atomic E-state index is -2.00. The molecule has 8 heteroatoms. The lowest BCUT2D eigenvalue weighted by Gasteiger charge is -2.38. The van der Waals surface area contributed by atoms with Gasteiger partial charge in [-0.25, -0.2) is 9.78 Å². The predicted octanol–water partition coefficient (Wildman–Crippen LogP) is 5.75. The zero-order valence-electron chi connectivity index (χ0n) is 20.1. The van der Waals surface area contributed by atoms with Crippen molar-refractivity contribution in [2.75, 3.05) is 13.2 Å². The van der Waals surface area contributed by atoms with E-state index in [2.05, 4.69) is 52.7 Å². The Morgan fingerprint density at radius 2 is 1.90 bits per heavy atom. The van der Waals surface area contributed by atoms with Crippen molar-refractivity contribution in [2.24, 2.45) is 5.92 Å². The zero-order valence-corrected chi connectivity index (χ0v) is 21.9. The Balaban J connectivity index is 2.71. The van der Waals surface area contributed by atoms with Crippen molar-refractivity contribution < 1.29 is 14.0 Å². The Labute approximate surface area is 191 Å². The fraction of sp³-hybridized carbons (Fsp3) is 0.609. The third-order valence-electron chi connectivity index (χ3n) is 6.18. The van der Waals surface area contributed by atoms with Crippen molar-refractivity contribution in [1.29, 1.82) is 0 Å². The molecule has 0 radical (unpaired) electrons. The molecule has 2 aromatic rings. The molecule has 31 heavy (non-hydrogen) atoms. The van der Waals surface area contributed by atoms with E-state index >= 15 is 0 Å². The molecule has 2 rings (SSSR count). The molecule has 0 bridgehead atoms. The van der Waals surface area contributed by atoms with E-state index in [0.717, 1.165) is 0 Å². The zero-order chi connectivity index (χ0) is 23.7. The predicted molar refractivity (Wildman–Crippen MR) is 129 cm³/mol. The molecule has 0 aliphatic heterocycles. The van der Waals surface area contributed by atoms with Crippen LogP contribution in [0.2, 0.25) is 23.2 Å². The highest BCUT2D eigenvalue weighted by molar-refractivity contribution is 6.74. The number of pyridine rings is 2. The number of hydrogen-bond acceptors (Lipinski definition) is 5. The Morgan fingerprint density at radius 3 is 2.42 bits per heavy atom. The van der Waals surface area contributed by atoms with Crippen molar-refractivity contribution in [3.8, 4) is 0 Å². The van der Waals surface area contributed by atoms with Crippen LogP contribution in [0.3, 0.4) is 0 Å². The molecular formula is C23H35ClN2O4Si. The minimum Gasteiger partial charge on any atom is -0.462 e. The summed E-state index contributed by atoms with van der Waals surface area (Å²) in [5, 5.41) is 0.537. The number of esters is 1. The molecule has 0 spiro atoms. The number of halogens is 1. The van der Waals surface area contributed by atoms with Crippen LogP contribution in [0.5, 0.6) is 0 Å². The summed E-state index contributed by atoms with van der Waals surface area (Å²) in [5.41, 5.74) is 0.868. The fourth-order valence-electron chi connectivity index (χ4n) is 3.06. The number of nitrogens with zero attached hydrogens (tertiary/aromatic N) is 2. The highest BCUT2D eigenvalue weighted by Crippen LogP contribution is 2.38. The number of rotatable bonds is 7. The summed E-state index contributed by atoms with van der Waals surface area (Å²) in [6.07, 6.45) is 1.58. The normalized spacial score (nSPS) is 13.6. The Bertz CT molecular complexity index is 1020. The minimum absolute atomic E-state index is 0.0263. The molecule has 0 N–H and O–H groups in total. The van der Waals surface area contributed by atoms with Gasteiger partial charge in [-0.2, -0.15) is 0 Å². The molecule has 0 aliphatic carbocycles. The van der Waals surface area contributed by atoms with Gasteiger partial charge in [0, 0.05) is 6.20 Å². The number of carbonyl (C=O) groups excluding carboxylic acids is 1. The molecule has 1 atom stereocenters. The molecule has 172 valence electrons. The van der Waals surface area contributed by atoms with Crippen LogP contribution >= 0.6 is 11.6 Å². The van der Waals surface area contributed by atoms with Gasteiger partial charge in [0.1, 0.15) is 11.1 Å². The summed E-state index contributed by atoms with van der Waals surface area (Å²) in [5.74, 6) is -0.476. The van der Waals surface area contributed by atoms with E-state index in [1.165, 1.54) is 0 Å². The van der Waals surface area contributed by atoms with Crippen molar-refractivity contribution >= 4 is 36.9 Å². The Hall–Kier alpha value is -1.70. The third kappa shape index (κ3) is 5.38. The van der Waals surface area contributed by atoms with Gasteiger partial charge in [-0.15, -0.1) is 0 Å². The molecular weight excluding hydrogens is 432 g/mol. The van der Waals surface area contributed by atoms with Crippen LogP contribution in [-0.2, 0) is 9.16 Å². The molecule has 0 saturated carbocycles. The number of carbonyl (C=O) groups is 1. The highest BCUT2D eigenvalue weighted by atomic mass is 35.5. The summed E-state index contributed by atoms with van der Waals surface area (Å²) in [7, 11) is -2.00. The van der Waals surface area contributed by atoms with Gasteiger partial charge in [-0.05, 0) is 44.0 Å². The Morgan fingerprint density at radius 1 is 1.29 bits per heavy atom. The number of hydrogen-bond donors (Lipinski definition) is 0. The molecule has 0 saturated heterocycles. The van der Waals surface area contributed by atoms with E-state index < -0.39 is 19.7 Å². The van der Waals surface area contributed by atoms with E-state index in [0.29, 0.717) is 22.8 Å². The molecule has 2 heterocycles. The second-order valence-electron chi connectivity index (χ2n) is 9.81. The van der Waals surface area contributed by atoms with Gasteiger partial charge in [0.05, 0.1) is 35.5 Å². The maximum Gasteiger partial charge on any atom is 0.343 e. The van der Waals surface area contributed by atoms with Gasteiger partial charge < -0.3 is 13.7 Å². The second-order valence-corrected chi connectivity index (χ2v) is 15.0. The summed E-state index contributed by atoms with van der Waals surface area (Å²) < 4.78 is 13.6. The third-order valence-corrected chi connectivity index (χ3v) is 11.1. The first kappa shape index (κ1) is 25.6. The number of aromatic nitrogens is 2. The average molecular weight is 467 g/mol. The van der Waals surface area contributed by atoms with Crippen molar-refractivity contribution in [1.82, 2.24) is 9.55 Å². The molecule has 0 aliphatic rings. The van der Waals surface area contributed by atoms with Crippen LogP contribution in [0.1, 0.15) is 63.6 Å². The lowest BCUT2D eigenvalue weighted by Crippen LogP contribution is -2.42. The monoisotopic (exact) mass is 466 g/mol. The van der Waals surface area contributed by atoms with Crippen molar-refractivity contribution in [3.05, 3.63) is 38.8 Å². The number of fused-ring (bicyclic) bond motifs is 1. The fourth-order valence-corrected chi connectivity index (χ4v) is 4.23. The van der Waals surface area contributed by atoms with E-state index in [1.807, 2.05) is 4.57 Å². The number of ether oxygens (including phenoxy) is 1. The lowest BCUT2D eigenvalue weighted by molar-refractivity contribution is 0.0523. The molecule has 0 amide bonds. The largest absolute Gasteiger partial charge is 0.462 e. The van der Waals surface area contributed by atoms with Gasteiger partial charge in [0.15, 0.2) is 8.32 Å². The van der Waals surface area contributed by atoms with Crippen LogP contribution in [0, 0.1) is 12.8 Å². The lowest BCUT2D eigenvalue weighted by atomic mass is 10.0. The first-order valence-corrected chi connectivity index (χ1v) is 14.0. The average Bonchev–Trinajstić information content (AvgIpc) is 2.64. The van der Waals surface area contributed by atoms with E-state index in [9.17, 15) is 9.59 Å². The summed E-state index contributed by atoms with van der Waals surface area (Å²) >= 11 is 6.36. The maximum absolute atomic E-state index is 13.1. The molecule has 0 fully saturated rings. The van der Waals surface area contributed by atoms with Crippen LogP contribution in [0.4, 0.5) is 0 Å². The first-order valence-electron chi connectivity index (χ1n) is 10.7. The smallest absolute Gasteiger partial charge is 0.343 e. The van der Waals surface area contributed by atoms with E-state index in [-0.39, 0.29) is 34.7 Å². The number of aryl methyl sites for hydroxylation is 1. The van der Waals surface area contributed by atoms with Gasteiger partial charge in [-0.3, -0.25) is 4.79 Å². The van der Waals surface area contributed by atoms with Gasteiger partial charge in [-0.1, -0.05) is 46.2 Å². The van der Waals surface area contributed by atoms with Crippen LogP contribution in [-0.4, -0.2) is 37.1 Å². The quantitative estimate of drug-likeness (QED) is 0.383. The highest BCUT2D eigenvalue weighted by Gasteiger charge is 2.38. The standard InChI is InChI=1S/C23H35ClN2O4Si/c1-10-29-22(28)16-12-26(18-11-17(24)15(4)25-20(18)21(16)27)19(14(2)3)13-30-31(8,9)23(5,6)7/h11-12,14,19H,10,13H2,1-9H3/t19-/m1/s1. The summed E-state index contributed by atoms with van der Waals surface area (Å²) in [4.78, 5) is 30.0. The van der Waals surface area contributed by atoms with Crippen molar-refractivity contribution in [2.45, 2.75) is 72.6 Å². The van der Waals surface area contributed by atoms with Crippen LogP contribution < -0.4 is 5.43 Å². The molecule has 0 aromatic carbocycles. The van der Waals surface area contributed by atoms with Crippen LogP contribution in [0.15, 0.2) is 17.1 Å². The SMILES string of the molecule is CCOC(=O)c1cn([C@H](CO[Si](C)(C)C(C)(C)C)C(C)C)c2cc(Cl)c(C)nc2c1=O. The van der Waals surface area contributed by atoms with Gasteiger partial charge in [0.25, 0.3) is 0 Å². The first-order chi connectivity index (χ1) is 14.2. The molecule has 2 aromatic heterocycles. The summed E-state index contributed by atoms with van der Waals surface area (Å²) in [6, 6.07) is 1.63. The maximum atomic E-state index is 13.1. The topological polar surface area (TPSA) is 70.4 Å². The van der Waals surface area contributed by atoms with Crippen molar-refractivity contribution in [3.63, 3.8) is 0 Å². The summed E-state index contributed by atoms with van der Waals surface area (Å²) in [6.45, 7) is 19.3. The van der Waals surface area contributed by atoms with E-state index in [1.54, 1.807) is 26.1 Å². The Kier molecular flexibility index (Phi) is 7.77. The molecule has 6 nitrogen and oxygen atoms in total.